The van der Waals surface area contributed by atoms with Gasteiger partial charge in [-0.05, 0) is 70.7 Å². The molecule has 0 atom stereocenters. The van der Waals surface area contributed by atoms with Crippen LogP contribution in [0.4, 0.5) is 4.39 Å². The molecule has 5 heteroatoms. The number of hydrogen-bond donors (Lipinski definition) is 0. The van der Waals surface area contributed by atoms with Crippen molar-refractivity contribution in [2.75, 3.05) is 6.26 Å². The van der Waals surface area contributed by atoms with Crippen molar-refractivity contribution in [1.29, 1.82) is 0 Å². The number of allylic oxidation sites excluding steroid dienone is 3. The highest BCUT2D eigenvalue weighted by atomic mass is 32.2. The Morgan fingerprint density at radius 1 is 1.07 bits per heavy atom. The maximum atomic E-state index is 13.9. The predicted molar refractivity (Wildman–Crippen MR) is 111 cm³/mol. The zero-order chi connectivity index (χ0) is 20.6. The number of fused-ring (bicyclic) bond motifs is 1. The van der Waals surface area contributed by atoms with E-state index in [9.17, 15) is 17.6 Å². The van der Waals surface area contributed by atoms with E-state index in [0.29, 0.717) is 0 Å². The topological polar surface area (TPSA) is 51.2 Å². The van der Waals surface area contributed by atoms with Gasteiger partial charge in [-0.1, -0.05) is 32.0 Å². The van der Waals surface area contributed by atoms with E-state index < -0.39 is 9.84 Å². The molecular formula is C23H23FO3S. The van der Waals surface area contributed by atoms with E-state index in [1.54, 1.807) is 30.3 Å². The van der Waals surface area contributed by atoms with Crippen LogP contribution < -0.4 is 0 Å². The monoisotopic (exact) mass is 398 g/mol. The molecule has 0 saturated heterocycles. The van der Waals surface area contributed by atoms with Crippen LogP contribution in [0, 0.1) is 11.7 Å². The molecule has 0 saturated carbocycles. The van der Waals surface area contributed by atoms with E-state index in [-0.39, 0.29) is 28.8 Å². The minimum absolute atomic E-state index is 0.0890. The minimum atomic E-state index is -3.25. The maximum Gasteiger partial charge on any atom is 0.175 e. The fourth-order valence-electron chi connectivity index (χ4n) is 3.34. The highest BCUT2D eigenvalue weighted by Crippen LogP contribution is 2.44. The summed E-state index contributed by atoms with van der Waals surface area (Å²) < 4.78 is 37.2. The molecule has 2 aromatic carbocycles. The lowest BCUT2D eigenvalue weighted by atomic mass is 9.96. The lowest BCUT2D eigenvalue weighted by Crippen LogP contribution is -2.07. The molecule has 0 aromatic heterocycles. The summed E-state index contributed by atoms with van der Waals surface area (Å²) in [4.78, 5) is 12.6. The van der Waals surface area contributed by atoms with Crippen molar-refractivity contribution in [2.24, 2.45) is 5.92 Å². The van der Waals surface area contributed by atoms with Gasteiger partial charge in [-0.2, -0.15) is 0 Å². The van der Waals surface area contributed by atoms with Gasteiger partial charge >= 0.3 is 0 Å². The molecule has 3 nitrogen and oxygen atoms in total. The highest BCUT2D eigenvalue weighted by Gasteiger charge is 2.26. The van der Waals surface area contributed by atoms with E-state index in [2.05, 4.69) is 0 Å². The Hall–Kier alpha value is -2.53. The molecule has 1 aliphatic rings. The van der Waals surface area contributed by atoms with Crippen LogP contribution in [0.2, 0.25) is 0 Å². The number of halogens is 1. The minimum Gasteiger partial charge on any atom is -0.299 e. The Bertz CT molecular complexity index is 1110. The lowest BCUT2D eigenvalue weighted by Gasteiger charge is -2.08. The first-order valence-electron chi connectivity index (χ1n) is 9.13. The summed E-state index contributed by atoms with van der Waals surface area (Å²) in [5.41, 5.74) is 5.21. The Kier molecular flexibility index (Phi) is 5.39. The van der Waals surface area contributed by atoms with Crippen molar-refractivity contribution >= 4 is 32.8 Å². The van der Waals surface area contributed by atoms with Gasteiger partial charge in [-0.25, -0.2) is 12.8 Å². The van der Waals surface area contributed by atoms with Gasteiger partial charge in [0.25, 0.3) is 0 Å². The molecule has 0 bridgehead atoms. The van der Waals surface area contributed by atoms with E-state index in [1.807, 2.05) is 26.8 Å². The average molecular weight is 398 g/mol. The Balaban J connectivity index is 2.08. The predicted octanol–water partition coefficient (Wildman–Crippen LogP) is 5.17. The number of sulfone groups is 1. The first kappa shape index (κ1) is 20.2. The van der Waals surface area contributed by atoms with Crippen molar-refractivity contribution in [3.8, 4) is 0 Å². The second-order valence-corrected chi connectivity index (χ2v) is 9.51. The summed E-state index contributed by atoms with van der Waals surface area (Å²) in [5.74, 6) is -0.308. The maximum absolute atomic E-state index is 13.9. The van der Waals surface area contributed by atoms with Crippen LogP contribution in [0.25, 0.3) is 17.2 Å². The molecule has 0 aliphatic heterocycles. The highest BCUT2D eigenvalue weighted by molar-refractivity contribution is 7.90. The molecule has 2 aromatic rings. The van der Waals surface area contributed by atoms with Gasteiger partial charge in [0.15, 0.2) is 9.84 Å². The first-order valence-corrected chi connectivity index (χ1v) is 11.0. The van der Waals surface area contributed by atoms with Crippen LogP contribution in [-0.4, -0.2) is 20.5 Å². The van der Waals surface area contributed by atoms with Gasteiger partial charge < -0.3 is 0 Å². The lowest BCUT2D eigenvalue weighted by molar-refractivity contribution is -0.120. The molecule has 0 fully saturated rings. The molecule has 0 heterocycles. The number of Topliss-reactive ketones (excluding diaryl/α,β-unsaturated/α-hetero) is 1. The van der Waals surface area contributed by atoms with Gasteiger partial charge in [0.05, 0.1) is 4.90 Å². The fourth-order valence-corrected chi connectivity index (χ4v) is 3.97. The Morgan fingerprint density at radius 2 is 1.71 bits per heavy atom. The molecule has 28 heavy (non-hydrogen) atoms. The molecule has 0 N–H and O–H groups in total. The quantitative estimate of drug-likeness (QED) is 0.698. The van der Waals surface area contributed by atoms with Crippen LogP contribution in [0.1, 0.15) is 43.9 Å². The third-order valence-corrected chi connectivity index (χ3v) is 6.20. The number of benzene rings is 2. The SMILES string of the molecule is CC1=C(CC(=O)C(C)C)c2cc(F)ccc2/C1=C\c1ccc(S(C)(=O)=O)cc1. The molecular weight excluding hydrogens is 375 g/mol. The molecule has 0 unspecified atom stereocenters. The smallest absolute Gasteiger partial charge is 0.175 e. The first-order chi connectivity index (χ1) is 13.1. The summed E-state index contributed by atoms with van der Waals surface area (Å²) in [6.45, 7) is 5.66. The zero-order valence-corrected chi connectivity index (χ0v) is 17.2. The Labute approximate surface area is 165 Å². The number of carbonyl (C=O) groups is 1. The van der Waals surface area contributed by atoms with Crippen molar-refractivity contribution in [3.63, 3.8) is 0 Å². The summed E-state index contributed by atoms with van der Waals surface area (Å²) >= 11 is 0. The van der Waals surface area contributed by atoms with Crippen molar-refractivity contribution in [1.82, 2.24) is 0 Å². The Morgan fingerprint density at radius 3 is 2.29 bits per heavy atom. The van der Waals surface area contributed by atoms with Crippen LogP contribution in [0.5, 0.6) is 0 Å². The molecule has 0 radical (unpaired) electrons. The van der Waals surface area contributed by atoms with Crippen molar-refractivity contribution in [3.05, 3.63) is 70.5 Å². The molecule has 0 amide bonds. The number of hydrogen-bond acceptors (Lipinski definition) is 3. The van der Waals surface area contributed by atoms with Crippen LogP contribution in [0.15, 0.2) is 52.9 Å². The molecule has 1 aliphatic carbocycles. The summed E-state index contributed by atoms with van der Waals surface area (Å²) in [7, 11) is -3.25. The molecule has 146 valence electrons. The fraction of sp³-hybridized carbons (Fsp3) is 0.261. The normalized spacial score (nSPS) is 15.4. The standard InChI is InChI=1S/C23H23FO3S/c1-14(2)23(25)13-21-15(3)20(19-10-7-17(24)12-22(19)21)11-16-5-8-18(9-6-16)28(4,26)27/h5-12,14H,13H2,1-4H3/b20-11-. The number of carbonyl (C=O) groups excluding carboxylic acids is 1. The number of ketones is 1. The van der Waals surface area contributed by atoms with Gasteiger partial charge in [-0.3, -0.25) is 4.79 Å². The summed E-state index contributed by atoms with van der Waals surface area (Å²) in [6.07, 6.45) is 3.39. The summed E-state index contributed by atoms with van der Waals surface area (Å²) in [6, 6.07) is 11.3. The van der Waals surface area contributed by atoms with Crippen molar-refractivity contribution < 1.29 is 17.6 Å². The van der Waals surface area contributed by atoms with E-state index >= 15 is 0 Å². The van der Waals surface area contributed by atoms with Gasteiger partial charge in [0.2, 0.25) is 0 Å². The van der Waals surface area contributed by atoms with Crippen LogP contribution in [0.3, 0.4) is 0 Å². The van der Waals surface area contributed by atoms with E-state index in [0.717, 1.165) is 33.4 Å². The largest absolute Gasteiger partial charge is 0.299 e. The molecule has 0 spiro atoms. The van der Waals surface area contributed by atoms with Gasteiger partial charge in [-0.15, -0.1) is 0 Å². The third-order valence-electron chi connectivity index (χ3n) is 5.07. The van der Waals surface area contributed by atoms with Gasteiger partial charge in [0.1, 0.15) is 11.6 Å². The van der Waals surface area contributed by atoms with Crippen LogP contribution >= 0.6 is 0 Å². The number of rotatable bonds is 5. The zero-order valence-electron chi connectivity index (χ0n) is 16.4. The van der Waals surface area contributed by atoms with Gasteiger partial charge in [0, 0.05) is 18.6 Å². The average Bonchev–Trinajstić information content (AvgIpc) is 2.86. The van der Waals surface area contributed by atoms with Crippen molar-refractivity contribution in [2.45, 2.75) is 32.1 Å². The van der Waals surface area contributed by atoms with E-state index in [1.165, 1.54) is 18.4 Å². The second-order valence-electron chi connectivity index (χ2n) is 7.49. The van der Waals surface area contributed by atoms with E-state index in [4.69, 9.17) is 0 Å². The summed E-state index contributed by atoms with van der Waals surface area (Å²) in [5, 5.41) is 0. The third kappa shape index (κ3) is 3.99. The molecule has 3 rings (SSSR count). The van der Waals surface area contributed by atoms with Crippen LogP contribution in [-0.2, 0) is 14.6 Å². The second kappa shape index (κ2) is 7.47.